The molecule has 2 aromatic carbocycles. The number of anilines is 1. The highest BCUT2D eigenvalue weighted by Crippen LogP contribution is 2.28. The molecule has 0 aromatic heterocycles. The molecule has 144 valence electrons. The summed E-state index contributed by atoms with van der Waals surface area (Å²) < 4.78 is 10.8. The molecule has 5 heteroatoms. The van der Waals surface area contributed by atoms with E-state index < -0.39 is 5.91 Å². The van der Waals surface area contributed by atoms with Gasteiger partial charge in [0, 0.05) is 0 Å². The Hall–Kier alpha value is -2.82. The first-order valence-electron chi connectivity index (χ1n) is 9.30. The van der Waals surface area contributed by atoms with Crippen LogP contribution in [0.5, 0.6) is 5.75 Å². The lowest BCUT2D eigenvalue weighted by atomic mass is 9.86. The SMILES string of the molecule is CCOc1ccccc1NC(=O)COC(=O)[C@H](c1ccccc1)[C@@H](C)CC. The maximum absolute atomic E-state index is 12.6. The van der Waals surface area contributed by atoms with Gasteiger partial charge in [0.05, 0.1) is 18.2 Å². The van der Waals surface area contributed by atoms with Gasteiger partial charge in [-0.2, -0.15) is 0 Å². The van der Waals surface area contributed by atoms with Gasteiger partial charge < -0.3 is 14.8 Å². The predicted molar refractivity (Wildman–Crippen MR) is 106 cm³/mol. The molecular formula is C22H27NO4. The van der Waals surface area contributed by atoms with Crippen LogP contribution in [-0.2, 0) is 14.3 Å². The summed E-state index contributed by atoms with van der Waals surface area (Å²) in [7, 11) is 0. The minimum absolute atomic E-state index is 0.113. The second kappa shape index (κ2) is 10.4. The predicted octanol–water partition coefficient (Wildman–Crippen LogP) is 4.40. The molecule has 27 heavy (non-hydrogen) atoms. The molecule has 0 heterocycles. The van der Waals surface area contributed by atoms with Crippen LogP contribution in [0.15, 0.2) is 54.6 Å². The molecule has 1 N–H and O–H groups in total. The van der Waals surface area contributed by atoms with Gasteiger partial charge in [-0.15, -0.1) is 0 Å². The van der Waals surface area contributed by atoms with Gasteiger partial charge in [-0.05, 0) is 30.5 Å². The minimum Gasteiger partial charge on any atom is -0.492 e. The molecule has 5 nitrogen and oxygen atoms in total. The lowest BCUT2D eigenvalue weighted by Crippen LogP contribution is -2.27. The zero-order valence-corrected chi connectivity index (χ0v) is 16.1. The van der Waals surface area contributed by atoms with Gasteiger partial charge in [0.2, 0.25) is 0 Å². The van der Waals surface area contributed by atoms with Crippen molar-refractivity contribution < 1.29 is 19.1 Å². The molecule has 2 aromatic rings. The molecule has 2 rings (SSSR count). The molecule has 0 radical (unpaired) electrons. The van der Waals surface area contributed by atoms with Crippen LogP contribution in [0.3, 0.4) is 0 Å². The molecule has 0 aliphatic heterocycles. The summed E-state index contributed by atoms with van der Waals surface area (Å²) in [6, 6.07) is 16.7. The van der Waals surface area contributed by atoms with Gasteiger partial charge in [0.1, 0.15) is 5.75 Å². The molecule has 1 amide bonds. The monoisotopic (exact) mass is 369 g/mol. The van der Waals surface area contributed by atoms with Gasteiger partial charge in [-0.25, -0.2) is 0 Å². The van der Waals surface area contributed by atoms with Crippen molar-refractivity contribution in [2.24, 2.45) is 5.92 Å². The largest absolute Gasteiger partial charge is 0.492 e. The molecule has 0 aliphatic carbocycles. The maximum Gasteiger partial charge on any atom is 0.314 e. The average molecular weight is 369 g/mol. The number of amides is 1. The van der Waals surface area contributed by atoms with E-state index in [1.54, 1.807) is 18.2 Å². The van der Waals surface area contributed by atoms with E-state index in [1.807, 2.05) is 57.2 Å². The first kappa shape index (κ1) is 20.5. The van der Waals surface area contributed by atoms with Crippen molar-refractivity contribution in [2.45, 2.75) is 33.1 Å². The van der Waals surface area contributed by atoms with Crippen LogP contribution >= 0.6 is 0 Å². The van der Waals surface area contributed by atoms with Gasteiger partial charge in [-0.3, -0.25) is 9.59 Å². The van der Waals surface area contributed by atoms with E-state index >= 15 is 0 Å². The first-order chi connectivity index (χ1) is 13.1. The van der Waals surface area contributed by atoms with Crippen molar-refractivity contribution in [2.75, 3.05) is 18.5 Å². The Labute approximate surface area is 160 Å². The van der Waals surface area contributed by atoms with Crippen molar-refractivity contribution in [1.82, 2.24) is 0 Å². The molecular weight excluding hydrogens is 342 g/mol. The van der Waals surface area contributed by atoms with Crippen LogP contribution in [0.4, 0.5) is 5.69 Å². The molecule has 0 fully saturated rings. The Kier molecular flexibility index (Phi) is 7.86. The number of nitrogens with one attached hydrogen (secondary N) is 1. The van der Waals surface area contributed by atoms with Gasteiger partial charge in [0.25, 0.3) is 5.91 Å². The third-order valence-electron chi connectivity index (χ3n) is 4.43. The van der Waals surface area contributed by atoms with Crippen LogP contribution in [0.25, 0.3) is 0 Å². The molecule has 0 unspecified atom stereocenters. The molecule has 0 aliphatic rings. The third-order valence-corrected chi connectivity index (χ3v) is 4.43. The number of para-hydroxylation sites is 2. The Morgan fingerprint density at radius 1 is 1.00 bits per heavy atom. The summed E-state index contributed by atoms with van der Waals surface area (Å²) in [6.07, 6.45) is 0.836. The van der Waals surface area contributed by atoms with Crippen LogP contribution in [0.1, 0.15) is 38.7 Å². The molecule has 0 saturated carbocycles. The Bertz CT molecular complexity index is 745. The number of hydrogen-bond donors (Lipinski definition) is 1. The van der Waals surface area contributed by atoms with Crippen molar-refractivity contribution in [3.63, 3.8) is 0 Å². The van der Waals surface area contributed by atoms with Gasteiger partial charge in [0.15, 0.2) is 6.61 Å². The Morgan fingerprint density at radius 3 is 2.33 bits per heavy atom. The fourth-order valence-electron chi connectivity index (χ4n) is 2.86. The summed E-state index contributed by atoms with van der Waals surface area (Å²) in [5.41, 5.74) is 1.46. The van der Waals surface area contributed by atoms with Crippen molar-refractivity contribution >= 4 is 17.6 Å². The first-order valence-corrected chi connectivity index (χ1v) is 9.30. The van der Waals surface area contributed by atoms with E-state index in [2.05, 4.69) is 5.32 Å². The van der Waals surface area contributed by atoms with Crippen molar-refractivity contribution in [3.8, 4) is 5.75 Å². The summed E-state index contributed by atoms with van der Waals surface area (Å²) >= 11 is 0. The van der Waals surface area contributed by atoms with Crippen molar-refractivity contribution in [3.05, 3.63) is 60.2 Å². The topological polar surface area (TPSA) is 64.6 Å². The number of benzene rings is 2. The number of carbonyl (C=O) groups is 2. The molecule has 0 bridgehead atoms. The zero-order valence-electron chi connectivity index (χ0n) is 16.1. The van der Waals surface area contributed by atoms with E-state index in [0.717, 1.165) is 12.0 Å². The maximum atomic E-state index is 12.6. The fraction of sp³-hybridized carbons (Fsp3) is 0.364. The lowest BCUT2D eigenvalue weighted by molar-refractivity contribution is -0.150. The molecule has 0 saturated heterocycles. The normalized spacial score (nSPS) is 12.7. The molecule has 0 spiro atoms. The second-order valence-corrected chi connectivity index (χ2v) is 6.36. The van der Waals surface area contributed by atoms with E-state index in [-0.39, 0.29) is 24.4 Å². The summed E-state index contributed by atoms with van der Waals surface area (Å²) in [6.45, 7) is 6.08. The van der Waals surface area contributed by atoms with E-state index in [9.17, 15) is 9.59 Å². The highest BCUT2D eigenvalue weighted by atomic mass is 16.5. The van der Waals surface area contributed by atoms with E-state index in [1.165, 1.54) is 0 Å². The van der Waals surface area contributed by atoms with Crippen LogP contribution in [0.2, 0.25) is 0 Å². The van der Waals surface area contributed by atoms with Gasteiger partial charge >= 0.3 is 5.97 Å². The van der Waals surface area contributed by atoms with Gasteiger partial charge in [-0.1, -0.05) is 62.7 Å². The smallest absolute Gasteiger partial charge is 0.314 e. The molecule has 2 atom stereocenters. The number of esters is 1. The lowest BCUT2D eigenvalue weighted by Gasteiger charge is -2.21. The second-order valence-electron chi connectivity index (χ2n) is 6.36. The quantitative estimate of drug-likeness (QED) is 0.666. The number of hydrogen-bond acceptors (Lipinski definition) is 4. The zero-order chi connectivity index (χ0) is 19.6. The highest BCUT2D eigenvalue weighted by Gasteiger charge is 2.27. The van der Waals surface area contributed by atoms with Crippen molar-refractivity contribution in [1.29, 1.82) is 0 Å². The van der Waals surface area contributed by atoms with E-state index in [0.29, 0.717) is 18.0 Å². The fourth-order valence-corrected chi connectivity index (χ4v) is 2.86. The summed E-state index contributed by atoms with van der Waals surface area (Å²) in [4.78, 5) is 24.9. The number of rotatable bonds is 9. The Morgan fingerprint density at radius 2 is 1.67 bits per heavy atom. The standard InChI is InChI=1S/C22H27NO4/c1-4-16(3)21(17-11-7-6-8-12-17)22(25)27-15-20(24)23-18-13-9-10-14-19(18)26-5-2/h6-14,16,21H,4-5,15H2,1-3H3,(H,23,24)/t16-,21-/m0/s1. The van der Waals surface area contributed by atoms with E-state index in [4.69, 9.17) is 9.47 Å². The highest BCUT2D eigenvalue weighted by molar-refractivity contribution is 5.94. The average Bonchev–Trinajstić information content (AvgIpc) is 2.69. The summed E-state index contributed by atoms with van der Waals surface area (Å²) in [5, 5.41) is 2.73. The summed E-state index contributed by atoms with van der Waals surface area (Å²) in [5.74, 6) is -0.474. The van der Waals surface area contributed by atoms with Crippen LogP contribution in [-0.4, -0.2) is 25.1 Å². The third kappa shape index (κ3) is 5.84. The van der Waals surface area contributed by atoms with Crippen LogP contribution < -0.4 is 10.1 Å². The Balaban J connectivity index is 1.99. The minimum atomic E-state index is -0.397. The number of carbonyl (C=O) groups excluding carboxylic acids is 2. The number of ether oxygens (including phenoxy) is 2. The van der Waals surface area contributed by atoms with Crippen LogP contribution in [0, 0.1) is 5.92 Å².